The molecule has 1 aromatic heterocycles. The molecule has 27 heavy (non-hydrogen) atoms. The third-order valence-corrected chi connectivity index (χ3v) is 4.52. The minimum absolute atomic E-state index is 0.110. The number of anilines is 1. The molecule has 0 unspecified atom stereocenters. The van der Waals surface area contributed by atoms with Gasteiger partial charge in [-0.05, 0) is 30.7 Å². The summed E-state index contributed by atoms with van der Waals surface area (Å²) < 4.78 is 5.35. The van der Waals surface area contributed by atoms with Crippen LogP contribution in [0.15, 0.2) is 18.5 Å². The average Bonchev–Trinajstić information content (AvgIpc) is 2.65. The molecule has 1 aromatic rings. The Bertz CT molecular complexity index is 589. The molecule has 2 heterocycles. The Balaban J connectivity index is 1.79. The lowest BCUT2D eigenvalue weighted by Gasteiger charge is -2.31. The first-order valence-corrected chi connectivity index (χ1v) is 9.83. The van der Waals surface area contributed by atoms with Crippen LogP contribution in [0.3, 0.4) is 0 Å². The van der Waals surface area contributed by atoms with Crippen molar-refractivity contribution in [2.45, 2.75) is 40.5 Å². The molecule has 7 nitrogen and oxygen atoms in total. The molecule has 0 bridgehead atoms. The van der Waals surface area contributed by atoms with Gasteiger partial charge < -0.3 is 14.5 Å². The molecule has 150 valence electrons. The topological polar surface area (TPSA) is 75.6 Å². The molecule has 0 aliphatic carbocycles. The van der Waals surface area contributed by atoms with Gasteiger partial charge in [0.25, 0.3) is 5.91 Å². The number of piperidine rings is 1. The zero-order valence-electron chi connectivity index (χ0n) is 16.9. The fourth-order valence-corrected chi connectivity index (χ4v) is 3.27. The number of amides is 1. The fourth-order valence-electron chi connectivity index (χ4n) is 3.27. The Morgan fingerprint density at radius 3 is 2.19 bits per heavy atom. The monoisotopic (exact) mass is 376 g/mol. The third kappa shape index (κ3) is 6.81. The minimum atomic E-state index is -0.272. The Hall–Kier alpha value is -2.18. The standard InChI is InChI=1S/C20H32N4O3/c1-15(2)12-24(13-16(3)4)18(25)14-27-19(26)17-6-10-23(11-7-17)20-21-8-5-9-22-20/h5,8-9,15-17H,6-7,10-14H2,1-4H3. The molecule has 1 saturated heterocycles. The van der Waals surface area contributed by atoms with Gasteiger partial charge >= 0.3 is 5.97 Å². The SMILES string of the molecule is CC(C)CN(CC(C)C)C(=O)COC(=O)C1CCN(c2ncccn2)CC1. The van der Waals surface area contributed by atoms with Crippen LogP contribution in [-0.2, 0) is 14.3 Å². The Morgan fingerprint density at radius 1 is 1.11 bits per heavy atom. The smallest absolute Gasteiger partial charge is 0.309 e. The second kappa shape index (κ2) is 10.2. The number of carbonyl (C=O) groups excluding carboxylic acids is 2. The van der Waals surface area contributed by atoms with E-state index in [9.17, 15) is 9.59 Å². The molecule has 7 heteroatoms. The average molecular weight is 377 g/mol. The molecule has 1 fully saturated rings. The molecule has 0 aromatic carbocycles. The predicted molar refractivity (Wildman–Crippen MR) is 104 cm³/mol. The van der Waals surface area contributed by atoms with Crippen LogP contribution in [0.2, 0.25) is 0 Å². The molecule has 0 saturated carbocycles. The van der Waals surface area contributed by atoms with Crippen LogP contribution in [0.1, 0.15) is 40.5 Å². The second-order valence-corrected chi connectivity index (χ2v) is 8.00. The van der Waals surface area contributed by atoms with Gasteiger partial charge in [-0.25, -0.2) is 9.97 Å². The van der Waals surface area contributed by atoms with Gasteiger partial charge in [0.2, 0.25) is 5.95 Å². The number of carbonyl (C=O) groups is 2. The van der Waals surface area contributed by atoms with E-state index in [1.165, 1.54) is 0 Å². The van der Waals surface area contributed by atoms with Gasteiger partial charge in [-0.3, -0.25) is 9.59 Å². The lowest BCUT2D eigenvalue weighted by molar-refractivity contribution is -0.156. The van der Waals surface area contributed by atoms with Crippen LogP contribution in [0.5, 0.6) is 0 Å². The van der Waals surface area contributed by atoms with E-state index in [1.54, 1.807) is 23.4 Å². The Labute approximate surface area is 162 Å². The molecule has 2 rings (SSSR count). The van der Waals surface area contributed by atoms with Gasteiger partial charge in [-0.2, -0.15) is 0 Å². The van der Waals surface area contributed by atoms with Crippen LogP contribution < -0.4 is 4.90 Å². The third-order valence-electron chi connectivity index (χ3n) is 4.52. The molecule has 1 aliphatic heterocycles. The first-order chi connectivity index (χ1) is 12.9. The van der Waals surface area contributed by atoms with Gasteiger partial charge in [0, 0.05) is 38.6 Å². The zero-order chi connectivity index (χ0) is 19.8. The minimum Gasteiger partial charge on any atom is -0.455 e. The van der Waals surface area contributed by atoms with Crippen molar-refractivity contribution in [2.75, 3.05) is 37.7 Å². The summed E-state index contributed by atoms with van der Waals surface area (Å²) in [5, 5.41) is 0. The molecule has 0 atom stereocenters. The number of hydrogen-bond donors (Lipinski definition) is 0. The van der Waals surface area contributed by atoms with Crippen molar-refractivity contribution < 1.29 is 14.3 Å². The molecular formula is C20H32N4O3. The maximum Gasteiger partial charge on any atom is 0.309 e. The number of nitrogens with zero attached hydrogens (tertiary/aromatic N) is 4. The van der Waals surface area contributed by atoms with Crippen molar-refractivity contribution in [3.05, 3.63) is 18.5 Å². The van der Waals surface area contributed by atoms with Gasteiger partial charge in [0.1, 0.15) is 0 Å². The summed E-state index contributed by atoms with van der Waals surface area (Å²) in [5.74, 6) is 0.909. The van der Waals surface area contributed by atoms with Crippen molar-refractivity contribution in [3.63, 3.8) is 0 Å². The highest BCUT2D eigenvalue weighted by Gasteiger charge is 2.28. The van der Waals surface area contributed by atoms with Crippen LogP contribution in [0.25, 0.3) is 0 Å². The van der Waals surface area contributed by atoms with Gasteiger partial charge in [0.05, 0.1) is 5.92 Å². The van der Waals surface area contributed by atoms with Crippen LogP contribution in [-0.4, -0.2) is 59.5 Å². The lowest BCUT2D eigenvalue weighted by Crippen LogP contribution is -2.41. The number of aromatic nitrogens is 2. The molecule has 0 radical (unpaired) electrons. The Kier molecular flexibility index (Phi) is 8.00. The molecule has 0 N–H and O–H groups in total. The highest BCUT2D eigenvalue weighted by molar-refractivity contribution is 5.81. The maximum atomic E-state index is 12.5. The molecule has 1 amide bonds. The van der Waals surface area contributed by atoms with Crippen molar-refractivity contribution in [2.24, 2.45) is 17.8 Å². The van der Waals surface area contributed by atoms with Crippen molar-refractivity contribution in [1.82, 2.24) is 14.9 Å². The van der Waals surface area contributed by atoms with Crippen LogP contribution in [0, 0.1) is 17.8 Å². The molecular weight excluding hydrogens is 344 g/mol. The van der Waals surface area contributed by atoms with E-state index in [2.05, 4.69) is 42.6 Å². The quantitative estimate of drug-likeness (QED) is 0.649. The highest BCUT2D eigenvalue weighted by atomic mass is 16.5. The van der Waals surface area contributed by atoms with Crippen molar-refractivity contribution >= 4 is 17.8 Å². The van der Waals surface area contributed by atoms with E-state index < -0.39 is 0 Å². The van der Waals surface area contributed by atoms with E-state index in [-0.39, 0.29) is 24.4 Å². The van der Waals surface area contributed by atoms with Gasteiger partial charge in [0.15, 0.2) is 6.61 Å². The van der Waals surface area contributed by atoms with Crippen molar-refractivity contribution in [1.29, 1.82) is 0 Å². The van der Waals surface area contributed by atoms with E-state index in [0.29, 0.717) is 56.8 Å². The number of hydrogen-bond acceptors (Lipinski definition) is 6. The van der Waals surface area contributed by atoms with Gasteiger partial charge in [-0.1, -0.05) is 27.7 Å². The summed E-state index contributed by atoms with van der Waals surface area (Å²) in [6.45, 7) is 10.9. The number of ether oxygens (including phenoxy) is 1. The lowest BCUT2D eigenvalue weighted by atomic mass is 9.97. The second-order valence-electron chi connectivity index (χ2n) is 8.00. The summed E-state index contributed by atoms with van der Waals surface area (Å²) in [4.78, 5) is 37.2. The van der Waals surface area contributed by atoms with Crippen molar-refractivity contribution in [3.8, 4) is 0 Å². The maximum absolute atomic E-state index is 12.5. The molecule has 0 spiro atoms. The first kappa shape index (κ1) is 21.1. The molecule has 1 aliphatic rings. The summed E-state index contributed by atoms with van der Waals surface area (Å²) in [7, 11) is 0. The predicted octanol–water partition coefficient (Wildman–Crippen LogP) is 2.38. The zero-order valence-corrected chi connectivity index (χ0v) is 16.9. The van der Waals surface area contributed by atoms with Gasteiger partial charge in [-0.15, -0.1) is 0 Å². The Morgan fingerprint density at radius 2 is 1.67 bits per heavy atom. The van der Waals surface area contributed by atoms with E-state index in [4.69, 9.17) is 4.74 Å². The number of esters is 1. The summed E-state index contributed by atoms with van der Waals surface area (Å²) in [5.41, 5.74) is 0. The van der Waals surface area contributed by atoms with E-state index >= 15 is 0 Å². The van der Waals surface area contributed by atoms with Crippen LogP contribution in [0.4, 0.5) is 5.95 Å². The summed E-state index contributed by atoms with van der Waals surface area (Å²) in [6.07, 6.45) is 4.81. The fraction of sp³-hybridized carbons (Fsp3) is 0.700. The summed E-state index contributed by atoms with van der Waals surface area (Å²) >= 11 is 0. The highest BCUT2D eigenvalue weighted by Crippen LogP contribution is 2.21. The van der Waals surface area contributed by atoms with Crippen LogP contribution >= 0.6 is 0 Å². The first-order valence-electron chi connectivity index (χ1n) is 9.83. The van der Waals surface area contributed by atoms with E-state index in [1.807, 2.05) is 0 Å². The summed E-state index contributed by atoms with van der Waals surface area (Å²) in [6, 6.07) is 1.78. The largest absolute Gasteiger partial charge is 0.455 e. The number of rotatable bonds is 8. The van der Waals surface area contributed by atoms with E-state index in [0.717, 1.165) is 0 Å². The normalized spacial score (nSPS) is 15.3.